The van der Waals surface area contributed by atoms with Crippen LogP contribution in [0.5, 0.6) is 0 Å². The van der Waals surface area contributed by atoms with E-state index in [2.05, 4.69) is 0 Å². The van der Waals surface area contributed by atoms with E-state index < -0.39 is 19.9 Å². The molecule has 1 atom stereocenters. The van der Waals surface area contributed by atoms with Crippen molar-refractivity contribution in [2.24, 2.45) is 5.92 Å². The molecule has 0 aromatic heterocycles. The monoisotopic (exact) mass is 403 g/mol. The number of fused-ring (bicyclic) bond motifs is 1. The van der Waals surface area contributed by atoms with E-state index >= 15 is 0 Å². The topological polar surface area (TPSA) is 71.5 Å². The van der Waals surface area contributed by atoms with E-state index in [0.717, 1.165) is 24.0 Å². The number of aryl methyl sites for hydroxylation is 1. The van der Waals surface area contributed by atoms with Crippen LogP contribution in [0.15, 0.2) is 74.9 Å². The minimum atomic E-state index is -3.74. The van der Waals surface area contributed by atoms with Gasteiger partial charge in [-0.25, -0.2) is 16.8 Å². The normalized spacial score (nSPS) is 20.9. The maximum atomic E-state index is 13.2. The van der Waals surface area contributed by atoms with Gasteiger partial charge in [0, 0.05) is 6.54 Å². The third kappa shape index (κ3) is 3.13. The van der Waals surface area contributed by atoms with E-state index in [9.17, 15) is 16.8 Å². The molecule has 1 fully saturated rings. The number of benzene rings is 2. The van der Waals surface area contributed by atoms with Crippen LogP contribution in [0.4, 0.5) is 0 Å². The van der Waals surface area contributed by atoms with Crippen LogP contribution < -0.4 is 0 Å². The van der Waals surface area contributed by atoms with E-state index in [-0.39, 0.29) is 27.2 Å². The first-order valence-corrected chi connectivity index (χ1v) is 11.8. The molecule has 5 nitrogen and oxygen atoms in total. The van der Waals surface area contributed by atoms with Gasteiger partial charge in [0.25, 0.3) is 0 Å². The number of sulfonamides is 1. The van der Waals surface area contributed by atoms with Gasteiger partial charge in [0.05, 0.1) is 21.2 Å². The van der Waals surface area contributed by atoms with Crippen molar-refractivity contribution >= 4 is 19.9 Å². The van der Waals surface area contributed by atoms with Gasteiger partial charge in [-0.3, -0.25) is 0 Å². The average Bonchev–Trinajstić information content (AvgIpc) is 2.63. The summed E-state index contributed by atoms with van der Waals surface area (Å²) in [4.78, 5) is 0.673. The largest absolute Gasteiger partial charge is 0.243 e. The molecule has 1 aliphatic heterocycles. The Bertz CT molecular complexity index is 1100. The van der Waals surface area contributed by atoms with E-state index in [1.165, 1.54) is 4.31 Å². The highest BCUT2D eigenvalue weighted by atomic mass is 32.2. The van der Waals surface area contributed by atoms with Crippen LogP contribution >= 0.6 is 0 Å². The predicted molar refractivity (Wildman–Crippen MR) is 103 cm³/mol. The summed E-state index contributed by atoms with van der Waals surface area (Å²) in [7, 11) is -7.44. The fraction of sp³-hybridized carbons (Fsp3) is 0.300. The summed E-state index contributed by atoms with van der Waals surface area (Å²) >= 11 is 0. The summed E-state index contributed by atoms with van der Waals surface area (Å²) < 4.78 is 53.8. The van der Waals surface area contributed by atoms with E-state index in [0.29, 0.717) is 6.54 Å². The molecular formula is C20H21NO4S2. The van der Waals surface area contributed by atoms with Gasteiger partial charge in [-0.05, 0) is 55.5 Å². The fourth-order valence-corrected chi connectivity index (χ4v) is 6.95. The van der Waals surface area contributed by atoms with Crippen molar-refractivity contribution in [1.29, 1.82) is 0 Å². The van der Waals surface area contributed by atoms with Gasteiger partial charge in [-0.2, -0.15) is 4.31 Å². The Morgan fingerprint density at radius 2 is 1.56 bits per heavy atom. The SMILES string of the molecule is Cc1ccc(S(=O)(=O)N2CC(S(=O)(=O)c3ccccc3)=C3CCC3C2)cc1. The molecule has 1 aliphatic carbocycles. The fourth-order valence-electron chi connectivity index (χ4n) is 3.68. The molecule has 0 spiro atoms. The Hall–Kier alpha value is -1.96. The van der Waals surface area contributed by atoms with Crippen LogP contribution in [-0.4, -0.2) is 34.2 Å². The van der Waals surface area contributed by atoms with Crippen molar-refractivity contribution in [1.82, 2.24) is 4.31 Å². The molecule has 7 heteroatoms. The van der Waals surface area contributed by atoms with Crippen LogP contribution in [0.25, 0.3) is 0 Å². The second-order valence-corrected chi connectivity index (χ2v) is 11.0. The molecule has 2 aliphatic rings. The van der Waals surface area contributed by atoms with E-state index in [1.807, 2.05) is 6.92 Å². The maximum absolute atomic E-state index is 13.2. The van der Waals surface area contributed by atoms with Gasteiger partial charge < -0.3 is 0 Å². The number of sulfone groups is 1. The summed E-state index contributed by atoms with van der Waals surface area (Å²) in [5, 5.41) is 0. The Labute approximate surface area is 160 Å². The van der Waals surface area contributed by atoms with Gasteiger partial charge in [-0.1, -0.05) is 35.9 Å². The molecule has 2 aromatic carbocycles. The Morgan fingerprint density at radius 1 is 0.889 bits per heavy atom. The van der Waals surface area contributed by atoms with Gasteiger partial charge in [0.2, 0.25) is 19.9 Å². The van der Waals surface area contributed by atoms with Crippen LogP contribution in [0.3, 0.4) is 0 Å². The van der Waals surface area contributed by atoms with Crippen molar-refractivity contribution in [3.8, 4) is 0 Å². The number of hydrogen-bond acceptors (Lipinski definition) is 4. The Balaban J connectivity index is 1.73. The molecule has 4 rings (SSSR count). The molecule has 2 aromatic rings. The van der Waals surface area contributed by atoms with Crippen LogP contribution in [0.1, 0.15) is 18.4 Å². The molecule has 1 saturated carbocycles. The lowest BCUT2D eigenvalue weighted by molar-refractivity contribution is 0.302. The summed E-state index contributed by atoms with van der Waals surface area (Å²) in [5.41, 5.74) is 1.87. The predicted octanol–water partition coefficient (Wildman–Crippen LogP) is 3.14. The van der Waals surface area contributed by atoms with E-state index in [1.54, 1.807) is 54.6 Å². The van der Waals surface area contributed by atoms with Gasteiger partial charge in [0.1, 0.15) is 0 Å². The summed E-state index contributed by atoms with van der Waals surface area (Å²) in [6.07, 6.45) is 1.55. The molecule has 0 amide bonds. The zero-order valence-corrected chi connectivity index (χ0v) is 16.6. The van der Waals surface area contributed by atoms with Crippen molar-refractivity contribution in [3.05, 3.63) is 70.6 Å². The molecule has 142 valence electrons. The number of nitrogens with zero attached hydrogens (tertiary/aromatic N) is 1. The number of hydrogen-bond donors (Lipinski definition) is 0. The molecule has 1 unspecified atom stereocenters. The number of rotatable bonds is 4. The third-order valence-electron chi connectivity index (χ3n) is 5.39. The minimum absolute atomic E-state index is 0.00698. The Kier molecular flexibility index (Phi) is 4.49. The van der Waals surface area contributed by atoms with Crippen LogP contribution in [0, 0.1) is 12.8 Å². The van der Waals surface area contributed by atoms with Crippen LogP contribution in [-0.2, 0) is 19.9 Å². The minimum Gasteiger partial charge on any atom is -0.219 e. The lowest BCUT2D eigenvalue weighted by atomic mass is 9.77. The molecule has 0 bridgehead atoms. The average molecular weight is 404 g/mol. The van der Waals surface area contributed by atoms with Crippen molar-refractivity contribution in [3.63, 3.8) is 0 Å². The summed E-state index contributed by atoms with van der Waals surface area (Å²) in [6, 6.07) is 14.9. The molecule has 0 saturated heterocycles. The van der Waals surface area contributed by atoms with E-state index in [4.69, 9.17) is 0 Å². The van der Waals surface area contributed by atoms with Gasteiger partial charge in [0.15, 0.2) is 0 Å². The van der Waals surface area contributed by atoms with Crippen molar-refractivity contribution in [2.45, 2.75) is 29.6 Å². The second-order valence-electron chi connectivity index (χ2n) is 7.11. The first kappa shape index (κ1) is 18.4. The molecule has 27 heavy (non-hydrogen) atoms. The highest BCUT2D eigenvalue weighted by Gasteiger charge is 2.42. The first-order valence-electron chi connectivity index (χ1n) is 8.89. The van der Waals surface area contributed by atoms with Gasteiger partial charge in [-0.15, -0.1) is 0 Å². The molecule has 1 heterocycles. The highest BCUT2D eigenvalue weighted by Crippen LogP contribution is 2.44. The first-order chi connectivity index (χ1) is 12.8. The highest BCUT2D eigenvalue weighted by molar-refractivity contribution is 7.95. The lowest BCUT2D eigenvalue weighted by Gasteiger charge is -2.41. The Morgan fingerprint density at radius 3 is 2.15 bits per heavy atom. The molecule has 0 radical (unpaired) electrons. The molecular weight excluding hydrogens is 382 g/mol. The zero-order valence-electron chi connectivity index (χ0n) is 15.0. The third-order valence-corrected chi connectivity index (χ3v) is 9.15. The standard InChI is InChI=1S/C20H21NO4S2/c1-15-7-10-18(11-8-15)27(24,25)21-13-16-9-12-19(16)20(14-21)26(22,23)17-5-3-2-4-6-17/h2-8,10-11,16H,9,12-14H2,1H3. The quantitative estimate of drug-likeness (QED) is 0.786. The van der Waals surface area contributed by atoms with Crippen molar-refractivity contribution < 1.29 is 16.8 Å². The van der Waals surface area contributed by atoms with Crippen LogP contribution in [0.2, 0.25) is 0 Å². The summed E-state index contributed by atoms with van der Waals surface area (Å²) in [5.74, 6) is -0.00698. The summed E-state index contributed by atoms with van der Waals surface area (Å²) in [6.45, 7) is 2.14. The zero-order chi connectivity index (χ0) is 19.2. The smallest absolute Gasteiger partial charge is 0.219 e. The maximum Gasteiger partial charge on any atom is 0.243 e. The molecule has 0 N–H and O–H groups in total. The van der Waals surface area contributed by atoms with Crippen molar-refractivity contribution in [2.75, 3.05) is 13.1 Å². The lowest BCUT2D eigenvalue weighted by Crippen LogP contribution is -2.45. The second kappa shape index (κ2) is 6.58. The van der Waals surface area contributed by atoms with Gasteiger partial charge >= 0.3 is 0 Å².